The minimum atomic E-state index is -3.47. The first kappa shape index (κ1) is 12.0. The molecule has 0 aliphatic carbocycles. The summed E-state index contributed by atoms with van der Waals surface area (Å²) in [6, 6.07) is 4.74. The Morgan fingerprint density at radius 2 is 2.07 bits per heavy atom. The van der Waals surface area contributed by atoms with Crippen molar-refractivity contribution in [1.82, 2.24) is 0 Å². The zero-order valence-corrected chi connectivity index (χ0v) is 9.58. The number of aryl methyl sites for hydroxylation is 1. The minimum Gasteiger partial charge on any atom is -0.399 e. The van der Waals surface area contributed by atoms with Gasteiger partial charge in [-0.25, -0.2) is 8.42 Å². The number of anilines is 1. The first-order valence-electron chi connectivity index (χ1n) is 4.60. The van der Waals surface area contributed by atoms with Crippen molar-refractivity contribution in [1.29, 1.82) is 0 Å². The maximum Gasteiger partial charge on any atom is 0.183 e. The number of hydrogen-bond acceptors (Lipinski definition) is 4. The van der Waals surface area contributed by atoms with Gasteiger partial charge in [0.2, 0.25) is 0 Å². The van der Waals surface area contributed by atoms with E-state index in [0.29, 0.717) is 11.3 Å². The third-order valence-corrected chi connectivity index (χ3v) is 4.57. The first-order valence-corrected chi connectivity index (χ1v) is 6.15. The molecule has 0 aliphatic heterocycles. The Morgan fingerprint density at radius 1 is 1.47 bits per heavy atom. The fourth-order valence-corrected chi connectivity index (χ4v) is 2.68. The van der Waals surface area contributed by atoms with Crippen LogP contribution in [-0.4, -0.2) is 25.4 Å². The van der Waals surface area contributed by atoms with E-state index in [0.717, 1.165) is 0 Å². The molecule has 0 amide bonds. The Labute approximate surface area is 89.7 Å². The lowest BCUT2D eigenvalue weighted by molar-refractivity contribution is 0.295. The molecule has 1 aromatic carbocycles. The maximum atomic E-state index is 11.9. The molecule has 3 N–H and O–H groups in total. The summed E-state index contributed by atoms with van der Waals surface area (Å²) in [6.07, 6.45) is 0. The first-order chi connectivity index (χ1) is 6.89. The molecule has 0 radical (unpaired) electrons. The zero-order chi connectivity index (χ0) is 11.6. The normalized spacial score (nSPS) is 13.8. The standard InChI is InChI=1S/C10H15NO3S/c1-7-3-4-9(11)5-10(7)15(13,14)8(2)6-12/h3-5,8,12H,6,11H2,1-2H3. The highest BCUT2D eigenvalue weighted by Gasteiger charge is 2.24. The van der Waals surface area contributed by atoms with E-state index >= 15 is 0 Å². The number of nitrogens with two attached hydrogens (primary N) is 1. The van der Waals surface area contributed by atoms with Crippen LogP contribution in [0.25, 0.3) is 0 Å². The lowest BCUT2D eigenvalue weighted by atomic mass is 10.2. The predicted molar refractivity (Wildman–Crippen MR) is 59.3 cm³/mol. The highest BCUT2D eigenvalue weighted by molar-refractivity contribution is 7.92. The number of rotatable bonds is 3. The molecule has 0 aromatic heterocycles. The average molecular weight is 229 g/mol. The molecular weight excluding hydrogens is 214 g/mol. The fraction of sp³-hybridized carbons (Fsp3) is 0.400. The van der Waals surface area contributed by atoms with E-state index in [1.165, 1.54) is 13.0 Å². The van der Waals surface area contributed by atoms with Crippen molar-refractivity contribution >= 4 is 15.5 Å². The van der Waals surface area contributed by atoms with Crippen molar-refractivity contribution in [3.63, 3.8) is 0 Å². The molecule has 0 saturated carbocycles. The van der Waals surface area contributed by atoms with Gasteiger partial charge in [0.25, 0.3) is 0 Å². The van der Waals surface area contributed by atoms with Crippen LogP contribution >= 0.6 is 0 Å². The summed E-state index contributed by atoms with van der Waals surface area (Å²) >= 11 is 0. The Kier molecular flexibility index (Phi) is 3.36. The monoisotopic (exact) mass is 229 g/mol. The van der Waals surface area contributed by atoms with Crippen LogP contribution in [0, 0.1) is 6.92 Å². The Morgan fingerprint density at radius 3 is 2.60 bits per heavy atom. The van der Waals surface area contributed by atoms with Crippen LogP contribution in [0.1, 0.15) is 12.5 Å². The van der Waals surface area contributed by atoms with E-state index in [1.54, 1.807) is 19.1 Å². The summed E-state index contributed by atoms with van der Waals surface area (Å²) in [5.41, 5.74) is 6.59. The lowest BCUT2D eigenvalue weighted by Gasteiger charge is -2.12. The van der Waals surface area contributed by atoms with Gasteiger partial charge in [-0.1, -0.05) is 6.07 Å². The molecule has 0 bridgehead atoms. The number of benzene rings is 1. The molecule has 5 heteroatoms. The summed E-state index contributed by atoms with van der Waals surface area (Å²) < 4.78 is 23.8. The number of aliphatic hydroxyl groups excluding tert-OH is 1. The van der Waals surface area contributed by atoms with E-state index < -0.39 is 21.7 Å². The van der Waals surface area contributed by atoms with Crippen LogP contribution in [0.5, 0.6) is 0 Å². The van der Waals surface area contributed by atoms with Crippen molar-refractivity contribution in [2.75, 3.05) is 12.3 Å². The van der Waals surface area contributed by atoms with Crippen molar-refractivity contribution in [3.8, 4) is 0 Å². The number of hydrogen-bond donors (Lipinski definition) is 2. The summed E-state index contributed by atoms with van der Waals surface area (Å²) in [5.74, 6) is 0. The zero-order valence-electron chi connectivity index (χ0n) is 8.77. The SMILES string of the molecule is Cc1ccc(N)cc1S(=O)(=O)C(C)CO. The number of nitrogen functional groups attached to an aromatic ring is 1. The predicted octanol–water partition coefficient (Wildman–Crippen LogP) is 0.732. The second kappa shape index (κ2) is 4.20. The van der Waals surface area contributed by atoms with Gasteiger partial charge in [0, 0.05) is 5.69 Å². The van der Waals surface area contributed by atoms with E-state index in [2.05, 4.69) is 0 Å². The molecule has 0 aliphatic rings. The molecule has 1 rings (SSSR count). The molecule has 0 fully saturated rings. The Balaban J connectivity index is 3.33. The molecule has 1 unspecified atom stereocenters. The van der Waals surface area contributed by atoms with Gasteiger partial charge in [0.15, 0.2) is 9.84 Å². The third kappa shape index (κ3) is 2.30. The summed E-state index contributed by atoms with van der Waals surface area (Å²) in [5, 5.41) is 8.07. The van der Waals surface area contributed by atoms with Crippen LogP contribution in [0.15, 0.2) is 23.1 Å². The van der Waals surface area contributed by atoms with E-state index in [9.17, 15) is 8.42 Å². The smallest absolute Gasteiger partial charge is 0.183 e. The van der Waals surface area contributed by atoms with Gasteiger partial charge in [0.05, 0.1) is 16.8 Å². The van der Waals surface area contributed by atoms with Crippen LogP contribution in [-0.2, 0) is 9.84 Å². The average Bonchev–Trinajstić information content (AvgIpc) is 2.20. The van der Waals surface area contributed by atoms with Gasteiger partial charge >= 0.3 is 0 Å². The molecule has 0 heterocycles. The maximum absolute atomic E-state index is 11.9. The molecule has 4 nitrogen and oxygen atoms in total. The summed E-state index contributed by atoms with van der Waals surface area (Å²) in [7, 11) is -3.47. The van der Waals surface area contributed by atoms with Crippen molar-refractivity contribution in [2.24, 2.45) is 0 Å². The van der Waals surface area contributed by atoms with Gasteiger partial charge in [-0.15, -0.1) is 0 Å². The number of sulfone groups is 1. The van der Waals surface area contributed by atoms with Crippen molar-refractivity contribution < 1.29 is 13.5 Å². The largest absolute Gasteiger partial charge is 0.399 e. The fourth-order valence-electron chi connectivity index (χ4n) is 1.24. The van der Waals surface area contributed by atoms with Gasteiger partial charge in [0.1, 0.15) is 0 Å². The Bertz CT molecular complexity index is 454. The highest BCUT2D eigenvalue weighted by Crippen LogP contribution is 2.22. The van der Waals surface area contributed by atoms with E-state index in [4.69, 9.17) is 10.8 Å². The van der Waals surface area contributed by atoms with Crippen molar-refractivity contribution in [2.45, 2.75) is 24.0 Å². The molecule has 0 spiro atoms. The lowest BCUT2D eigenvalue weighted by Crippen LogP contribution is -2.22. The van der Waals surface area contributed by atoms with Crippen LogP contribution in [0.2, 0.25) is 0 Å². The molecule has 1 aromatic rings. The van der Waals surface area contributed by atoms with Crippen LogP contribution in [0.4, 0.5) is 5.69 Å². The van der Waals surface area contributed by atoms with Gasteiger partial charge in [-0.3, -0.25) is 0 Å². The van der Waals surface area contributed by atoms with Crippen LogP contribution in [0.3, 0.4) is 0 Å². The summed E-state index contributed by atoms with van der Waals surface area (Å²) in [4.78, 5) is 0.198. The summed E-state index contributed by atoms with van der Waals surface area (Å²) in [6.45, 7) is 2.78. The van der Waals surface area contributed by atoms with Crippen molar-refractivity contribution in [3.05, 3.63) is 23.8 Å². The van der Waals surface area contributed by atoms with Gasteiger partial charge in [-0.05, 0) is 31.5 Å². The van der Waals surface area contributed by atoms with Gasteiger partial charge in [-0.2, -0.15) is 0 Å². The Hall–Kier alpha value is -1.07. The minimum absolute atomic E-state index is 0.198. The second-order valence-electron chi connectivity index (χ2n) is 3.56. The molecule has 0 saturated heterocycles. The van der Waals surface area contributed by atoms with Gasteiger partial charge < -0.3 is 10.8 Å². The molecular formula is C10H15NO3S. The third-order valence-electron chi connectivity index (χ3n) is 2.31. The molecule has 1 atom stereocenters. The van der Waals surface area contributed by atoms with Crippen LogP contribution < -0.4 is 5.73 Å². The number of aliphatic hydroxyl groups is 1. The second-order valence-corrected chi connectivity index (χ2v) is 5.90. The van der Waals surface area contributed by atoms with E-state index in [-0.39, 0.29) is 4.90 Å². The molecule has 84 valence electrons. The van der Waals surface area contributed by atoms with E-state index in [1.807, 2.05) is 0 Å². The molecule has 15 heavy (non-hydrogen) atoms. The topological polar surface area (TPSA) is 80.4 Å². The highest BCUT2D eigenvalue weighted by atomic mass is 32.2. The quantitative estimate of drug-likeness (QED) is 0.749.